The summed E-state index contributed by atoms with van der Waals surface area (Å²) >= 11 is 0. The van der Waals surface area contributed by atoms with Gasteiger partial charge in [0.1, 0.15) is 12.4 Å². The van der Waals surface area contributed by atoms with E-state index in [9.17, 15) is 9.18 Å². The molecule has 3 rings (SSSR count). The molecule has 0 aromatic heterocycles. The number of rotatable bonds is 1. The average molecular weight is 264 g/mol. The molecule has 1 unspecified atom stereocenters. The summed E-state index contributed by atoms with van der Waals surface area (Å²) in [5.74, 6) is -0.525. The van der Waals surface area contributed by atoms with Crippen LogP contribution in [0.15, 0.2) is 24.3 Å². The summed E-state index contributed by atoms with van der Waals surface area (Å²) in [4.78, 5) is 13.8. The number of hydrogen-bond acceptors (Lipinski definition) is 3. The molecule has 1 spiro atoms. The molecular formula is C14H17FN2O2. The van der Waals surface area contributed by atoms with Crippen molar-refractivity contribution in [3.05, 3.63) is 30.1 Å². The third-order valence-corrected chi connectivity index (χ3v) is 3.86. The Morgan fingerprint density at radius 2 is 2.21 bits per heavy atom. The summed E-state index contributed by atoms with van der Waals surface area (Å²) in [6, 6.07) is 6.44. The molecule has 2 fully saturated rings. The summed E-state index contributed by atoms with van der Waals surface area (Å²) in [5.41, 5.74) is -0.0880. The van der Waals surface area contributed by atoms with Crippen LogP contribution in [0.2, 0.25) is 0 Å². The zero-order valence-corrected chi connectivity index (χ0v) is 10.7. The number of piperidine rings is 1. The van der Waals surface area contributed by atoms with Gasteiger partial charge in [0.15, 0.2) is 0 Å². The van der Waals surface area contributed by atoms with Gasteiger partial charge in [-0.05, 0) is 31.5 Å². The van der Waals surface area contributed by atoms with Crippen LogP contribution in [-0.4, -0.2) is 37.7 Å². The van der Waals surface area contributed by atoms with E-state index in [0.29, 0.717) is 18.8 Å². The molecule has 1 atom stereocenters. The second-order valence-electron chi connectivity index (χ2n) is 5.18. The van der Waals surface area contributed by atoms with Crippen molar-refractivity contribution in [2.75, 3.05) is 31.2 Å². The third-order valence-electron chi connectivity index (χ3n) is 3.86. The molecule has 5 heteroatoms. The average Bonchev–Trinajstić information content (AvgIpc) is 2.42. The van der Waals surface area contributed by atoms with Gasteiger partial charge in [-0.1, -0.05) is 12.1 Å². The van der Waals surface area contributed by atoms with Crippen LogP contribution in [0, 0.1) is 5.82 Å². The van der Waals surface area contributed by atoms with Crippen LogP contribution in [0.1, 0.15) is 12.8 Å². The highest BCUT2D eigenvalue weighted by molar-refractivity contribution is 5.96. The van der Waals surface area contributed by atoms with Crippen LogP contribution in [0.4, 0.5) is 10.1 Å². The van der Waals surface area contributed by atoms with E-state index in [0.717, 1.165) is 19.4 Å². The summed E-state index contributed by atoms with van der Waals surface area (Å²) in [6.07, 6.45) is 1.79. The maximum Gasteiger partial charge on any atom is 0.253 e. The molecule has 2 aliphatic rings. The van der Waals surface area contributed by atoms with Gasteiger partial charge >= 0.3 is 0 Å². The minimum atomic E-state index is -0.449. The van der Waals surface area contributed by atoms with E-state index in [1.165, 1.54) is 6.07 Å². The lowest BCUT2D eigenvalue weighted by atomic mass is 9.87. The molecule has 0 aliphatic carbocycles. The molecule has 0 radical (unpaired) electrons. The minimum Gasteiger partial charge on any atom is -0.369 e. The van der Waals surface area contributed by atoms with Crippen molar-refractivity contribution in [3.63, 3.8) is 0 Å². The molecule has 0 bridgehead atoms. The van der Waals surface area contributed by atoms with Gasteiger partial charge in [0.05, 0.1) is 17.8 Å². The number of anilines is 1. The van der Waals surface area contributed by atoms with E-state index < -0.39 is 5.54 Å². The van der Waals surface area contributed by atoms with Gasteiger partial charge in [-0.3, -0.25) is 9.69 Å². The number of carbonyl (C=O) groups is 1. The Morgan fingerprint density at radius 3 is 2.95 bits per heavy atom. The smallest absolute Gasteiger partial charge is 0.253 e. The maximum absolute atomic E-state index is 14.0. The van der Waals surface area contributed by atoms with Gasteiger partial charge in [-0.15, -0.1) is 0 Å². The summed E-state index contributed by atoms with van der Waals surface area (Å²) in [6.45, 7) is 2.06. The number of hydrogen-bond donors (Lipinski definition) is 1. The number of nitrogens with one attached hydrogen (secondary N) is 1. The highest BCUT2D eigenvalue weighted by atomic mass is 19.1. The van der Waals surface area contributed by atoms with E-state index in [1.54, 1.807) is 23.1 Å². The van der Waals surface area contributed by atoms with Gasteiger partial charge in [0.25, 0.3) is 5.91 Å². The molecule has 102 valence electrons. The molecule has 19 heavy (non-hydrogen) atoms. The number of morpholine rings is 1. The Bertz CT molecular complexity index is 481. The van der Waals surface area contributed by atoms with Crippen molar-refractivity contribution in [1.82, 2.24) is 5.32 Å². The first-order chi connectivity index (χ1) is 9.23. The molecule has 4 nitrogen and oxygen atoms in total. The quantitative estimate of drug-likeness (QED) is 0.831. The Balaban J connectivity index is 2.03. The molecule has 2 saturated heterocycles. The predicted octanol–water partition coefficient (Wildman–Crippen LogP) is 1.31. The Kier molecular flexibility index (Phi) is 3.24. The summed E-state index contributed by atoms with van der Waals surface area (Å²) < 4.78 is 19.4. The first kappa shape index (κ1) is 12.6. The highest BCUT2D eigenvalue weighted by Gasteiger charge is 2.45. The van der Waals surface area contributed by atoms with Gasteiger partial charge in [0, 0.05) is 6.54 Å². The van der Waals surface area contributed by atoms with E-state index >= 15 is 0 Å². The number of benzene rings is 1. The SMILES string of the molecule is O=C1COCC2(CCCNC2)N1c1ccccc1F. The van der Waals surface area contributed by atoms with Gasteiger partial charge in [-0.25, -0.2) is 4.39 Å². The molecular weight excluding hydrogens is 247 g/mol. The number of para-hydroxylation sites is 1. The van der Waals surface area contributed by atoms with Gasteiger partial charge in [0.2, 0.25) is 0 Å². The Labute approximate surface area is 111 Å². The standard InChI is InChI=1S/C14H17FN2O2/c15-11-4-1-2-5-12(11)17-13(18)8-19-10-14(17)6-3-7-16-9-14/h1-2,4-5,16H,3,6-10H2. The Hall–Kier alpha value is -1.46. The maximum atomic E-state index is 14.0. The van der Waals surface area contributed by atoms with Crippen molar-refractivity contribution in [2.45, 2.75) is 18.4 Å². The Morgan fingerprint density at radius 1 is 1.37 bits per heavy atom. The van der Waals surface area contributed by atoms with Crippen LogP contribution in [0.5, 0.6) is 0 Å². The fourth-order valence-electron chi connectivity index (χ4n) is 3.01. The highest BCUT2D eigenvalue weighted by Crippen LogP contribution is 2.34. The number of ether oxygens (including phenoxy) is 1. The zero-order chi connectivity index (χ0) is 13.3. The fourth-order valence-corrected chi connectivity index (χ4v) is 3.01. The van der Waals surface area contributed by atoms with E-state index in [4.69, 9.17) is 4.74 Å². The lowest BCUT2D eigenvalue weighted by Gasteiger charge is -2.48. The van der Waals surface area contributed by atoms with Crippen molar-refractivity contribution < 1.29 is 13.9 Å². The lowest BCUT2D eigenvalue weighted by Crippen LogP contribution is -2.66. The zero-order valence-electron chi connectivity index (χ0n) is 10.7. The van der Waals surface area contributed by atoms with Crippen LogP contribution < -0.4 is 10.2 Å². The van der Waals surface area contributed by atoms with E-state index in [2.05, 4.69) is 5.32 Å². The van der Waals surface area contributed by atoms with Crippen LogP contribution in [0.3, 0.4) is 0 Å². The second kappa shape index (κ2) is 4.90. The van der Waals surface area contributed by atoms with Crippen LogP contribution >= 0.6 is 0 Å². The molecule has 1 aromatic rings. The number of halogens is 1. The van der Waals surface area contributed by atoms with E-state index in [1.807, 2.05) is 0 Å². The fraction of sp³-hybridized carbons (Fsp3) is 0.500. The molecule has 2 heterocycles. The predicted molar refractivity (Wildman–Crippen MR) is 69.5 cm³/mol. The van der Waals surface area contributed by atoms with E-state index in [-0.39, 0.29) is 18.3 Å². The van der Waals surface area contributed by atoms with Crippen molar-refractivity contribution >= 4 is 11.6 Å². The number of carbonyl (C=O) groups excluding carboxylic acids is 1. The topological polar surface area (TPSA) is 41.6 Å². The lowest BCUT2D eigenvalue weighted by molar-refractivity contribution is -0.131. The minimum absolute atomic E-state index is 0.0239. The van der Waals surface area contributed by atoms with Crippen molar-refractivity contribution in [1.29, 1.82) is 0 Å². The first-order valence-electron chi connectivity index (χ1n) is 6.59. The summed E-state index contributed by atoms with van der Waals surface area (Å²) in [7, 11) is 0. The van der Waals surface area contributed by atoms with Gasteiger partial charge < -0.3 is 10.1 Å². The second-order valence-corrected chi connectivity index (χ2v) is 5.18. The molecule has 1 N–H and O–H groups in total. The number of amides is 1. The normalized spacial score (nSPS) is 27.8. The molecule has 0 saturated carbocycles. The van der Waals surface area contributed by atoms with Crippen molar-refractivity contribution in [2.24, 2.45) is 0 Å². The van der Waals surface area contributed by atoms with Crippen molar-refractivity contribution in [3.8, 4) is 0 Å². The van der Waals surface area contributed by atoms with Crippen LogP contribution in [-0.2, 0) is 9.53 Å². The molecule has 1 aromatic carbocycles. The summed E-state index contributed by atoms with van der Waals surface area (Å²) in [5, 5.41) is 3.29. The molecule has 2 aliphatic heterocycles. The van der Waals surface area contributed by atoms with Crippen LogP contribution in [0.25, 0.3) is 0 Å². The largest absolute Gasteiger partial charge is 0.369 e. The third kappa shape index (κ3) is 2.13. The van der Waals surface area contributed by atoms with Gasteiger partial charge in [-0.2, -0.15) is 0 Å². The monoisotopic (exact) mass is 264 g/mol. The molecule has 1 amide bonds. The first-order valence-corrected chi connectivity index (χ1v) is 6.59. The number of nitrogens with zero attached hydrogens (tertiary/aromatic N) is 1.